The number of carbonyl (C=O) groups is 1. The van der Waals surface area contributed by atoms with Gasteiger partial charge in [-0.05, 0) is 24.6 Å². The molecule has 0 unspecified atom stereocenters. The lowest BCUT2D eigenvalue weighted by atomic mass is 10.1. The molecule has 1 aromatic heterocycles. The third kappa shape index (κ3) is 2.51. The Kier molecular flexibility index (Phi) is 3.74. The molecule has 0 bridgehead atoms. The number of aromatic nitrogens is 1. The number of pyridine rings is 1. The maximum atomic E-state index is 12.5. The third-order valence-electron chi connectivity index (χ3n) is 3.44. The van der Waals surface area contributed by atoms with E-state index in [1.165, 1.54) is 6.07 Å². The molecule has 0 spiro atoms. The van der Waals surface area contributed by atoms with Crippen molar-refractivity contribution in [3.63, 3.8) is 0 Å². The van der Waals surface area contributed by atoms with E-state index in [9.17, 15) is 9.59 Å². The number of rotatable bonds is 3. The van der Waals surface area contributed by atoms with Crippen LogP contribution in [0.4, 0.5) is 0 Å². The highest BCUT2D eigenvalue weighted by molar-refractivity contribution is 6.03. The van der Waals surface area contributed by atoms with Crippen LogP contribution in [0.3, 0.4) is 0 Å². The standard InChI is InChI=1S/C18H15NO3/c1-2-22-18(21)13-9-6-10-14-17(13)16(20)11-15(19-14)12-7-4-3-5-8-12/h3-11H,2H2,1H3,(H,19,20). The lowest BCUT2D eigenvalue weighted by Gasteiger charge is -2.08. The number of nitrogens with one attached hydrogen (secondary N) is 1. The first-order valence-corrected chi connectivity index (χ1v) is 7.09. The van der Waals surface area contributed by atoms with Gasteiger partial charge in [-0.3, -0.25) is 4.79 Å². The Labute approximate surface area is 127 Å². The molecule has 2 aromatic carbocycles. The van der Waals surface area contributed by atoms with Crippen LogP contribution >= 0.6 is 0 Å². The normalized spacial score (nSPS) is 10.6. The summed E-state index contributed by atoms with van der Waals surface area (Å²) in [5.74, 6) is -0.480. The molecule has 0 saturated carbocycles. The van der Waals surface area contributed by atoms with Crippen molar-refractivity contribution in [1.82, 2.24) is 4.98 Å². The number of hydrogen-bond donors (Lipinski definition) is 1. The zero-order chi connectivity index (χ0) is 15.5. The first-order chi connectivity index (χ1) is 10.7. The molecule has 1 heterocycles. The summed E-state index contributed by atoms with van der Waals surface area (Å²) >= 11 is 0. The molecule has 0 aliphatic carbocycles. The summed E-state index contributed by atoms with van der Waals surface area (Å²) in [5, 5.41) is 0.362. The zero-order valence-corrected chi connectivity index (χ0v) is 12.1. The van der Waals surface area contributed by atoms with Crippen molar-refractivity contribution in [2.24, 2.45) is 0 Å². The molecule has 0 aliphatic rings. The van der Waals surface area contributed by atoms with Crippen LogP contribution in [0.5, 0.6) is 0 Å². The van der Waals surface area contributed by atoms with Crippen LogP contribution in [0.15, 0.2) is 59.4 Å². The van der Waals surface area contributed by atoms with Gasteiger partial charge in [-0.1, -0.05) is 36.4 Å². The van der Waals surface area contributed by atoms with Gasteiger partial charge >= 0.3 is 5.97 Å². The predicted molar refractivity (Wildman–Crippen MR) is 86.0 cm³/mol. The van der Waals surface area contributed by atoms with Crippen molar-refractivity contribution in [2.75, 3.05) is 6.61 Å². The van der Waals surface area contributed by atoms with Gasteiger partial charge in [0.15, 0.2) is 5.43 Å². The Hall–Kier alpha value is -2.88. The number of ether oxygens (including phenoxy) is 1. The maximum Gasteiger partial charge on any atom is 0.338 e. The van der Waals surface area contributed by atoms with E-state index in [0.717, 1.165) is 11.3 Å². The number of aromatic amines is 1. The summed E-state index contributed by atoms with van der Waals surface area (Å²) in [6.45, 7) is 2.01. The largest absolute Gasteiger partial charge is 0.462 e. The van der Waals surface area contributed by atoms with Crippen LogP contribution in [0.1, 0.15) is 17.3 Å². The zero-order valence-electron chi connectivity index (χ0n) is 12.1. The number of fused-ring (bicyclic) bond motifs is 1. The summed E-state index contributed by atoms with van der Waals surface area (Å²) in [4.78, 5) is 27.7. The molecular formula is C18H15NO3. The first-order valence-electron chi connectivity index (χ1n) is 7.09. The third-order valence-corrected chi connectivity index (χ3v) is 3.44. The number of hydrogen-bond acceptors (Lipinski definition) is 3. The van der Waals surface area contributed by atoms with E-state index in [1.807, 2.05) is 30.3 Å². The minimum Gasteiger partial charge on any atom is -0.462 e. The van der Waals surface area contributed by atoms with Crippen molar-refractivity contribution < 1.29 is 9.53 Å². The molecule has 3 rings (SSSR count). The van der Waals surface area contributed by atoms with E-state index in [2.05, 4.69) is 4.98 Å². The molecule has 0 saturated heterocycles. The minimum atomic E-state index is -0.480. The van der Waals surface area contributed by atoms with Crippen LogP contribution in [0.25, 0.3) is 22.2 Å². The van der Waals surface area contributed by atoms with Crippen LogP contribution in [0, 0.1) is 0 Å². The molecule has 4 nitrogen and oxygen atoms in total. The summed E-state index contributed by atoms with van der Waals surface area (Å²) < 4.78 is 5.01. The second-order valence-corrected chi connectivity index (χ2v) is 4.86. The highest BCUT2D eigenvalue weighted by atomic mass is 16.5. The van der Waals surface area contributed by atoms with Crippen molar-refractivity contribution in [1.29, 1.82) is 0 Å². The highest BCUT2D eigenvalue weighted by Gasteiger charge is 2.14. The molecule has 110 valence electrons. The maximum absolute atomic E-state index is 12.5. The van der Waals surface area contributed by atoms with Crippen molar-refractivity contribution in [2.45, 2.75) is 6.92 Å². The molecule has 1 N–H and O–H groups in total. The van der Waals surface area contributed by atoms with E-state index in [0.29, 0.717) is 16.5 Å². The molecule has 4 heteroatoms. The molecule has 22 heavy (non-hydrogen) atoms. The summed E-state index contributed by atoms with van der Waals surface area (Å²) in [7, 11) is 0. The van der Waals surface area contributed by atoms with Crippen LogP contribution < -0.4 is 5.43 Å². The van der Waals surface area contributed by atoms with Gasteiger partial charge in [0.25, 0.3) is 0 Å². The van der Waals surface area contributed by atoms with E-state index in [-0.39, 0.29) is 12.0 Å². The topological polar surface area (TPSA) is 59.2 Å². The first kappa shape index (κ1) is 14.1. The SMILES string of the molecule is CCOC(=O)c1cccc2[nH]c(-c3ccccc3)cc(=O)c12. The van der Waals surface area contributed by atoms with Gasteiger partial charge in [0.05, 0.1) is 23.1 Å². The predicted octanol–water partition coefficient (Wildman–Crippen LogP) is 3.37. The molecular weight excluding hydrogens is 278 g/mol. The van der Waals surface area contributed by atoms with Crippen molar-refractivity contribution >= 4 is 16.9 Å². The van der Waals surface area contributed by atoms with Gasteiger partial charge < -0.3 is 9.72 Å². The van der Waals surface area contributed by atoms with Crippen LogP contribution in [-0.2, 0) is 4.74 Å². The Morgan fingerprint density at radius 1 is 1.09 bits per heavy atom. The van der Waals surface area contributed by atoms with Crippen molar-refractivity contribution in [3.05, 3.63) is 70.4 Å². The fourth-order valence-corrected chi connectivity index (χ4v) is 2.46. The van der Waals surface area contributed by atoms with Gasteiger partial charge in [0.1, 0.15) is 0 Å². The second-order valence-electron chi connectivity index (χ2n) is 4.86. The molecule has 0 radical (unpaired) electrons. The quantitative estimate of drug-likeness (QED) is 0.753. The lowest BCUT2D eigenvalue weighted by molar-refractivity contribution is 0.0528. The number of esters is 1. The van der Waals surface area contributed by atoms with Gasteiger partial charge in [-0.2, -0.15) is 0 Å². The van der Waals surface area contributed by atoms with Gasteiger partial charge in [0.2, 0.25) is 0 Å². The van der Waals surface area contributed by atoms with Gasteiger partial charge in [0, 0.05) is 11.8 Å². The molecule has 0 fully saturated rings. The Bertz CT molecular complexity index is 882. The number of benzene rings is 2. The number of H-pyrrole nitrogens is 1. The molecule has 0 atom stereocenters. The van der Waals surface area contributed by atoms with Crippen LogP contribution in [-0.4, -0.2) is 17.6 Å². The summed E-state index contributed by atoms with van der Waals surface area (Å²) in [5.41, 5.74) is 2.36. The van der Waals surface area contributed by atoms with E-state index < -0.39 is 5.97 Å². The van der Waals surface area contributed by atoms with Crippen molar-refractivity contribution in [3.8, 4) is 11.3 Å². The average Bonchev–Trinajstić information content (AvgIpc) is 2.55. The van der Waals surface area contributed by atoms with E-state index >= 15 is 0 Å². The van der Waals surface area contributed by atoms with Crippen LogP contribution in [0.2, 0.25) is 0 Å². The minimum absolute atomic E-state index is 0.198. The lowest BCUT2D eigenvalue weighted by Crippen LogP contribution is -2.12. The smallest absolute Gasteiger partial charge is 0.338 e. The van der Waals surface area contributed by atoms with Gasteiger partial charge in [-0.25, -0.2) is 4.79 Å². The monoisotopic (exact) mass is 293 g/mol. The molecule has 0 aliphatic heterocycles. The Morgan fingerprint density at radius 2 is 1.86 bits per heavy atom. The highest BCUT2D eigenvalue weighted by Crippen LogP contribution is 2.20. The Balaban J connectivity index is 2.21. The second kappa shape index (κ2) is 5.85. The van der Waals surface area contributed by atoms with E-state index in [4.69, 9.17) is 4.74 Å². The van der Waals surface area contributed by atoms with E-state index in [1.54, 1.807) is 25.1 Å². The molecule has 3 aromatic rings. The average molecular weight is 293 g/mol. The number of carbonyl (C=O) groups excluding carboxylic acids is 1. The fraction of sp³-hybridized carbons (Fsp3) is 0.111. The summed E-state index contributed by atoms with van der Waals surface area (Å²) in [6, 6.07) is 16.2. The fourth-order valence-electron chi connectivity index (χ4n) is 2.46. The van der Waals surface area contributed by atoms with Gasteiger partial charge in [-0.15, -0.1) is 0 Å². The molecule has 0 amide bonds. The Morgan fingerprint density at radius 3 is 2.59 bits per heavy atom. The summed E-state index contributed by atoms with van der Waals surface area (Å²) in [6.07, 6.45) is 0.